The second-order valence-electron chi connectivity index (χ2n) is 2.76. The van der Waals surface area contributed by atoms with Crippen molar-refractivity contribution in [3.63, 3.8) is 0 Å². The lowest BCUT2D eigenvalue weighted by Gasteiger charge is -2.11. The highest BCUT2D eigenvalue weighted by atomic mass is 32.2. The van der Waals surface area contributed by atoms with Gasteiger partial charge in [0.2, 0.25) is 0 Å². The third-order valence-electron chi connectivity index (χ3n) is 1.29. The molecule has 4 nitrogen and oxygen atoms in total. The van der Waals surface area contributed by atoms with E-state index in [4.69, 9.17) is 0 Å². The molecule has 72 valence electrons. The maximum atomic E-state index is 10.9. The summed E-state index contributed by atoms with van der Waals surface area (Å²) in [5, 5.41) is 2.69. The van der Waals surface area contributed by atoms with E-state index in [0.717, 1.165) is 6.42 Å². The molecule has 0 saturated heterocycles. The van der Waals surface area contributed by atoms with Crippen molar-refractivity contribution in [3.8, 4) is 0 Å². The Kier molecular flexibility index (Phi) is 5.70. The third-order valence-corrected chi connectivity index (χ3v) is 2.15. The normalized spacial score (nSPS) is 12.2. The minimum absolute atomic E-state index is 0.100. The summed E-state index contributed by atoms with van der Waals surface area (Å²) in [5.74, 6) is 0.647. The summed E-state index contributed by atoms with van der Waals surface area (Å²) in [6, 6.07) is -0.100. The van der Waals surface area contributed by atoms with Gasteiger partial charge in [-0.05, 0) is 6.42 Å². The lowest BCUT2D eigenvalue weighted by atomic mass is 10.5. The number of nitrogens with one attached hydrogen (secondary N) is 1. The topological polar surface area (TPSA) is 49.4 Å². The Morgan fingerprint density at radius 3 is 2.50 bits per heavy atom. The molecule has 0 spiro atoms. The van der Waals surface area contributed by atoms with Gasteiger partial charge in [0, 0.05) is 43.4 Å². The van der Waals surface area contributed by atoms with Crippen molar-refractivity contribution in [2.45, 2.75) is 6.42 Å². The second-order valence-corrected chi connectivity index (χ2v) is 4.31. The van der Waals surface area contributed by atoms with E-state index < -0.39 is 10.8 Å². The zero-order valence-corrected chi connectivity index (χ0v) is 8.61. The van der Waals surface area contributed by atoms with Crippen LogP contribution in [0.15, 0.2) is 0 Å². The van der Waals surface area contributed by atoms with Crippen LogP contribution in [0.5, 0.6) is 0 Å². The molecule has 0 aliphatic heterocycles. The second kappa shape index (κ2) is 5.99. The van der Waals surface area contributed by atoms with Gasteiger partial charge in [-0.2, -0.15) is 0 Å². The smallest absolute Gasteiger partial charge is 0.316 e. The van der Waals surface area contributed by atoms with Crippen molar-refractivity contribution in [2.24, 2.45) is 0 Å². The number of hydrogen-bond donors (Lipinski definition) is 1. The van der Waals surface area contributed by atoms with Gasteiger partial charge < -0.3 is 10.2 Å². The van der Waals surface area contributed by atoms with E-state index in [1.807, 2.05) is 0 Å². The number of nitrogens with zero attached hydrogens (tertiary/aromatic N) is 1. The molecule has 1 N–H and O–H groups in total. The van der Waals surface area contributed by atoms with Gasteiger partial charge in [0.1, 0.15) is 0 Å². The van der Waals surface area contributed by atoms with Crippen LogP contribution in [0.3, 0.4) is 0 Å². The van der Waals surface area contributed by atoms with Gasteiger partial charge >= 0.3 is 6.03 Å². The highest BCUT2D eigenvalue weighted by Crippen LogP contribution is 1.83. The lowest BCUT2D eigenvalue weighted by Crippen LogP contribution is -2.35. The van der Waals surface area contributed by atoms with Gasteiger partial charge in [0.15, 0.2) is 0 Å². The number of amides is 2. The molecule has 0 aromatic rings. The van der Waals surface area contributed by atoms with E-state index in [9.17, 15) is 9.00 Å². The molecule has 2 amide bonds. The molecular formula is C7H16N2O2S. The molecule has 0 radical (unpaired) electrons. The minimum Gasteiger partial charge on any atom is -0.338 e. The molecule has 12 heavy (non-hydrogen) atoms. The summed E-state index contributed by atoms with van der Waals surface area (Å²) in [5.41, 5.74) is 0. The van der Waals surface area contributed by atoms with E-state index in [1.54, 1.807) is 20.4 Å². The molecule has 0 aromatic carbocycles. The molecule has 0 aromatic heterocycles. The van der Waals surface area contributed by atoms with E-state index in [2.05, 4.69) is 5.32 Å². The predicted octanol–water partition coefficient (Wildman–Crippen LogP) is 0.0262. The van der Waals surface area contributed by atoms with Crippen LogP contribution in [0.1, 0.15) is 6.42 Å². The van der Waals surface area contributed by atoms with Crippen LogP contribution in [0.4, 0.5) is 4.79 Å². The van der Waals surface area contributed by atoms with E-state index in [0.29, 0.717) is 12.3 Å². The Hall–Kier alpha value is -0.580. The average molecular weight is 192 g/mol. The van der Waals surface area contributed by atoms with E-state index in [1.165, 1.54) is 4.90 Å². The van der Waals surface area contributed by atoms with Crippen LogP contribution >= 0.6 is 0 Å². The molecule has 0 aliphatic carbocycles. The molecule has 1 atom stereocenters. The van der Waals surface area contributed by atoms with Crippen LogP contribution < -0.4 is 5.32 Å². The van der Waals surface area contributed by atoms with Gasteiger partial charge in [0.05, 0.1) is 0 Å². The van der Waals surface area contributed by atoms with Gasteiger partial charge in [-0.15, -0.1) is 0 Å². The molecule has 0 fully saturated rings. The first-order chi connectivity index (χ1) is 5.54. The Morgan fingerprint density at radius 1 is 1.50 bits per heavy atom. The summed E-state index contributed by atoms with van der Waals surface area (Å²) in [4.78, 5) is 12.4. The van der Waals surface area contributed by atoms with Gasteiger partial charge in [-0.1, -0.05) is 0 Å². The minimum atomic E-state index is -0.756. The Morgan fingerprint density at radius 2 is 2.08 bits per heavy atom. The van der Waals surface area contributed by atoms with Crippen molar-refractivity contribution in [1.29, 1.82) is 0 Å². The van der Waals surface area contributed by atoms with Crippen molar-refractivity contribution in [3.05, 3.63) is 0 Å². The maximum Gasteiger partial charge on any atom is 0.316 e. The SMILES string of the molecule is CN(C)C(=O)NCCCS(C)=O. The van der Waals surface area contributed by atoms with Gasteiger partial charge in [0.25, 0.3) is 0 Å². The fourth-order valence-corrected chi connectivity index (χ4v) is 1.18. The zero-order chi connectivity index (χ0) is 9.56. The van der Waals surface area contributed by atoms with E-state index in [-0.39, 0.29) is 6.03 Å². The summed E-state index contributed by atoms with van der Waals surface area (Å²) in [6.07, 6.45) is 2.43. The number of carbonyl (C=O) groups excluding carboxylic acids is 1. The molecule has 0 heterocycles. The first-order valence-electron chi connectivity index (χ1n) is 3.79. The predicted molar refractivity (Wildman–Crippen MR) is 50.6 cm³/mol. The largest absolute Gasteiger partial charge is 0.338 e. The summed E-state index contributed by atoms with van der Waals surface area (Å²) in [7, 11) is 2.62. The van der Waals surface area contributed by atoms with Crippen LogP contribution in [-0.4, -0.2) is 47.8 Å². The fourth-order valence-electron chi connectivity index (χ4n) is 0.629. The first-order valence-corrected chi connectivity index (χ1v) is 5.52. The fraction of sp³-hybridized carbons (Fsp3) is 0.857. The number of rotatable bonds is 4. The summed E-state index contributed by atoms with van der Waals surface area (Å²) in [6.45, 7) is 0.594. The number of hydrogen-bond acceptors (Lipinski definition) is 2. The standard InChI is InChI=1S/C7H16N2O2S/c1-9(2)7(10)8-5-4-6-12(3)11/h4-6H2,1-3H3,(H,8,10). The Bertz CT molecular complexity index is 171. The zero-order valence-electron chi connectivity index (χ0n) is 7.79. The van der Waals surface area contributed by atoms with Crippen LogP contribution in [-0.2, 0) is 10.8 Å². The van der Waals surface area contributed by atoms with Crippen molar-refractivity contribution in [2.75, 3.05) is 32.6 Å². The molecule has 0 aliphatic rings. The molecule has 5 heteroatoms. The quantitative estimate of drug-likeness (QED) is 0.639. The molecule has 0 saturated carbocycles. The summed E-state index contributed by atoms with van der Waals surface area (Å²) < 4.78 is 10.6. The summed E-state index contributed by atoms with van der Waals surface area (Å²) >= 11 is 0. The molecule has 1 unspecified atom stereocenters. The number of carbonyl (C=O) groups is 1. The molecule has 0 bridgehead atoms. The maximum absolute atomic E-state index is 10.9. The monoisotopic (exact) mass is 192 g/mol. The van der Waals surface area contributed by atoms with Crippen LogP contribution in [0.25, 0.3) is 0 Å². The molecular weight excluding hydrogens is 176 g/mol. The first kappa shape index (κ1) is 11.4. The van der Waals surface area contributed by atoms with Crippen LogP contribution in [0, 0.1) is 0 Å². The van der Waals surface area contributed by atoms with Crippen LogP contribution in [0.2, 0.25) is 0 Å². The highest BCUT2D eigenvalue weighted by molar-refractivity contribution is 7.84. The van der Waals surface area contributed by atoms with Crippen molar-refractivity contribution >= 4 is 16.8 Å². The average Bonchev–Trinajstić information content (AvgIpc) is 1.97. The highest BCUT2D eigenvalue weighted by Gasteiger charge is 2.00. The Balaban J connectivity index is 3.32. The third kappa shape index (κ3) is 6.15. The van der Waals surface area contributed by atoms with Crippen molar-refractivity contribution < 1.29 is 9.00 Å². The van der Waals surface area contributed by atoms with Gasteiger partial charge in [-0.3, -0.25) is 4.21 Å². The Labute approximate surface area is 75.8 Å². The molecule has 0 rings (SSSR count). The lowest BCUT2D eigenvalue weighted by molar-refractivity contribution is 0.217. The number of urea groups is 1. The van der Waals surface area contributed by atoms with Crippen molar-refractivity contribution in [1.82, 2.24) is 10.2 Å². The van der Waals surface area contributed by atoms with E-state index >= 15 is 0 Å². The van der Waals surface area contributed by atoms with Gasteiger partial charge in [-0.25, -0.2) is 4.79 Å².